The topological polar surface area (TPSA) is 25.0 Å². The minimum absolute atomic E-state index is 0. The van der Waals surface area contributed by atoms with Crippen molar-refractivity contribution in [1.29, 1.82) is 0 Å². The van der Waals surface area contributed by atoms with Crippen LogP contribution in [0.3, 0.4) is 0 Å². The Hall–Kier alpha value is -2.46. The molecule has 0 bridgehead atoms. The molecule has 2 aromatic carbocycles. The van der Waals surface area contributed by atoms with Crippen LogP contribution in [-0.2, 0) is 6.54 Å². The summed E-state index contributed by atoms with van der Waals surface area (Å²) in [5.41, 5.74) is 4.23. The molecular weight excluding hydrogens is 376 g/mol. The molecule has 1 aromatic heterocycles. The van der Waals surface area contributed by atoms with E-state index in [0.29, 0.717) is 6.54 Å². The van der Waals surface area contributed by atoms with E-state index in [9.17, 15) is 4.79 Å². The third-order valence-corrected chi connectivity index (χ3v) is 4.48. The zero-order valence-corrected chi connectivity index (χ0v) is 15.4. The first-order chi connectivity index (χ1) is 11.8. The lowest BCUT2D eigenvalue weighted by molar-refractivity contribution is -0.517. The van der Waals surface area contributed by atoms with Gasteiger partial charge < -0.3 is 21.5 Å². The van der Waals surface area contributed by atoms with Gasteiger partial charge in [0.2, 0.25) is 18.0 Å². The standard InChI is InChI=1S/C21H19N2O.BrH/c24-20(17-8-3-1-4-9-17)16-23-15-14-22-13-7-12-19(22)21(23)18-10-5-2-6-11-18;/h1-13H,14-16H2;1H/q+1;/p-1. The number of carbonyl (C=O) groups excluding carboxylic acids is 1. The van der Waals surface area contributed by atoms with Crippen LogP contribution < -0.4 is 17.0 Å². The molecule has 0 saturated heterocycles. The lowest BCUT2D eigenvalue weighted by atomic mass is 10.0. The largest absolute Gasteiger partial charge is 1.00 e. The van der Waals surface area contributed by atoms with E-state index in [0.717, 1.165) is 29.9 Å². The molecule has 0 amide bonds. The fourth-order valence-electron chi connectivity index (χ4n) is 3.30. The number of carbonyl (C=O) groups is 1. The summed E-state index contributed by atoms with van der Waals surface area (Å²) in [6, 6.07) is 24.1. The first-order valence-electron chi connectivity index (χ1n) is 8.24. The van der Waals surface area contributed by atoms with E-state index in [2.05, 4.69) is 39.6 Å². The van der Waals surface area contributed by atoms with Crippen LogP contribution in [0.15, 0.2) is 79.0 Å². The van der Waals surface area contributed by atoms with Gasteiger partial charge >= 0.3 is 0 Å². The van der Waals surface area contributed by atoms with Gasteiger partial charge in [0.25, 0.3) is 0 Å². The highest BCUT2D eigenvalue weighted by Crippen LogP contribution is 2.16. The lowest BCUT2D eigenvalue weighted by Gasteiger charge is -2.18. The predicted molar refractivity (Wildman–Crippen MR) is 94.9 cm³/mol. The Morgan fingerprint density at radius 1 is 0.920 bits per heavy atom. The molecule has 1 aliphatic heterocycles. The maximum Gasteiger partial charge on any atom is 0.231 e. The summed E-state index contributed by atoms with van der Waals surface area (Å²) in [4.78, 5) is 12.7. The van der Waals surface area contributed by atoms with Crippen LogP contribution in [0.5, 0.6) is 0 Å². The Kier molecular flexibility index (Phi) is 5.29. The van der Waals surface area contributed by atoms with Crippen molar-refractivity contribution in [1.82, 2.24) is 4.57 Å². The van der Waals surface area contributed by atoms with E-state index < -0.39 is 0 Å². The molecule has 2 heterocycles. The third kappa shape index (κ3) is 3.49. The van der Waals surface area contributed by atoms with E-state index in [1.165, 1.54) is 5.69 Å². The highest BCUT2D eigenvalue weighted by Gasteiger charge is 2.28. The van der Waals surface area contributed by atoms with Gasteiger partial charge in [-0.1, -0.05) is 48.5 Å². The molecule has 25 heavy (non-hydrogen) atoms. The van der Waals surface area contributed by atoms with Crippen molar-refractivity contribution in [3.8, 4) is 0 Å². The molecule has 0 saturated carbocycles. The van der Waals surface area contributed by atoms with Gasteiger partial charge in [0, 0.05) is 17.3 Å². The molecule has 0 radical (unpaired) electrons. The van der Waals surface area contributed by atoms with Gasteiger partial charge in [-0.15, -0.1) is 0 Å². The smallest absolute Gasteiger partial charge is 0.231 e. The van der Waals surface area contributed by atoms with Crippen LogP contribution in [0.25, 0.3) is 0 Å². The third-order valence-electron chi connectivity index (χ3n) is 4.48. The number of benzene rings is 2. The first kappa shape index (κ1) is 17.4. The highest BCUT2D eigenvalue weighted by atomic mass is 79.9. The van der Waals surface area contributed by atoms with Crippen LogP contribution >= 0.6 is 0 Å². The molecule has 4 rings (SSSR count). The average molecular weight is 395 g/mol. The van der Waals surface area contributed by atoms with Crippen LogP contribution in [0.4, 0.5) is 0 Å². The van der Waals surface area contributed by atoms with E-state index >= 15 is 0 Å². The number of ketones is 1. The Morgan fingerprint density at radius 3 is 2.32 bits per heavy atom. The fraction of sp³-hybridized carbons (Fsp3) is 0.143. The monoisotopic (exact) mass is 394 g/mol. The zero-order valence-electron chi connectivity index (χ0n) is 13.8. The summed E-state index contributed by atoms with van der Waals surface area (Å²) in [6.07, 6.45) is 2.11. The van der Waals surface area contributed by atoms with Gasteiger partial charge in [0.1, 0.15) is 5.69 Å². The van der Waals surface area contributed by atoms with Crippen LogP contribution in [0.2, 0.25) is 0 Å². The molecular formula is C21H19BrN2O. The molecule has 3 aromatic rings. The lowest BCUT2D eigenvalue weighted by Crippen LogP contribution is -3.00. The minimum atomic E-state index is 0. The van der Waals surface area contributed by atoms with Gasteiger partial charge in [-0.05, 0) is 24.3 Å². The Bertz CT molecular complexity index is 898. The van der Waals surface area contributed by atoms with Crippen molar-refractivity contribution in [2.45, 2.75) is 6.54 Å². The van der Waals surface area contributed by atoms with E-state index in [1.54, 1.807) is 0 Å². The predicted octanol–water partition coefficient (Wildman–Crippen LogP) is 0.238. The molecule has 3 nitrogen and oxygen atoms in total. The SMILES string of the molecule is O=C(C[N+]1=C(c2ccccc2)c2cccn2CC1)c1ccccc1.[Br-]. The number of hydrogen-bond donors (Lipinski definition) is 0. The van der Waals surface area contributed by atoms with Crippen molar-refractivity contribution >= 4 is 11.5 Å². The number of hydrogen-bond acceptors (Lipinski definition) is 1. The summed E-state index contributed by atoms with van der Waals surface area (Å²) >= 11 is 0. The van der Waals surface area contributed by atoms with Crippen molar-refractivity contribution < 1.29 is 26.4 Å². The van der Waals surface area contributed by atoms with Crippen molar-refractivity contribution in [2.75, 3.05) is 13.1 Å². The van der Waals surface area contributed by atoms with Gasteiger partial charge in [-0.25, -0.2) is 4.58 Å². The Labute approximate surface area is 158 Å². The second-order valence-corrected chi connectivity index (χ2v) is 6.01. The summed E-state index contributed by atoms with van der Waals surface area (Å²) in [7, 11) is 0. The number of nitrogens with zero attached hydrogens (tertiary/aromatic N) is 2. The second-order valence-electron chi connectivity index (χ2n) is 6.01. The molecule has 0 unspecified atom stereocenters. The minimum Gasteiger partial charge on any atom is -1.00 e. The normalized spacial score (nSPS) is 13.1. The number of rotatable bonds is 4. The van der Waals surface area contributed by atoms with Crippen LogP contribution in [-0.4, -0.2) is 33.7 Å². The average Bonchev–Trinajstić information content (AvgIpc) is 3.11. The Morgan fingerprint density at radius 2 is 1.60 bits per heavy atom. The zero-order chi connectivity index (χ0) is 16.4. The number of fused-ring (bicyclic) bond motifs is 1. The number of aromatic nitrogens is 1. The summed E-state index contributed by atoms with van der Waals surface area (Å²) in [6.45, 7) is 2.14. The molecule has 0 atom stereocenters. The van der Waals surface area contributed by atoms with E-state index in [-0.39, 0.29) is 22.8 Å². The molecule has 4 heteroatoms. The molecule has 126 valence electrons. The maximum atomic E-state index is 12.7. The van der Waals surface area contributed by atoms with Crippen molar-refractivity contribution in [2.24, 2.45) is 0 Å². The van der Waals surface area contributed by atoms with Gasteiger partial charge in [-0.3, -0.25) is 4.79 Å². The van der Waals surface area contributed by atoms with Crippen molar-refractivity contribution in [3.05, 3.63) is 95.8 Å². The number of halogens is 1. The van der Waals surface area contributed by atoms with Gasteiger partial charge in [0.05, 0.1) is 6.54 Å². The van der Waals surface area contributed by atoms with Crippen LogP contribution in [0, 0.1) is 0 Å². The number of Topliss-reactive ketones (excluding diaryl/α,β-unsaturated/α-hetero) is 1. The van der Waals surface area contributed by atoms with Crippen molar-refractivity contribution in [3.63, 3.8) is 0 Å². The molecule has 1 aliphatic rings. The van der Waals surface area contributed by atoms with E-state index in [1.807, 2.05) is 48.5 Å². The van der Waals surface area contributed by atoms with Gasteiger partial charge in [-0.2, -0.15) is 0 Å². The Balaban J connectivity index is 0.00000182. The van der Waals surface area contributed by atoms with Gasteiger partial charge in [0.15, 0.2) is 6.54 Å². The maximum absolute atomic E-state index is 12.7. The fourth-order valence-corrected chi connectivity index (χ4v) is 3.30. The first-order valence-corrected chi connectivity index (χ1v) is 8.24. The summed E-state index contributed by atoms with van der Waals surface area (Å²) < 4.78 is 4.46. The molecule has 0 fully saturated rings. The summed E-state index contributed by atoms with van der Waals surface area (Å²) in [5, 5.41) is 0. The molecule has 0 aliphatic carbocycles. The summed E-state index contributed by atoms with van der Waals surface area (Å²) in [5.74, 6) is 0.157. The van der Waals surface area contributed by atoms with Crippen LogP contribution in [0.1, 0.15) is 21.6 Å². The highest BCUT2D eigenvalue weighted by molar-refractivity contribution is 6.09. The molecule has 0 N–H and O–H groups in total. The molecule has 0 spiro atoms. The quantitative estimate of drug-likeness (QED) is 0.459. The van der Waals surface area contributed by atoms with E-state index in [4.69, 9.17) is 0 Å². The second kappa shape index (κ2) is 7.62.